The maximum Gasteiger partial charge on any atom is 0.241 e. The van der Waals surface area contributed by atoms with E-state index in [0.717, 1.165) is 0 Å². The van der Waals surface area contributed by atoms with Crippen molar-refractivity contribution in [2.24, 2.45) is 0 Å². The van der Waals surface area contributed by atoms with Crippen LogP contribution in [0.15, 0.2) is 0 Å². The van der Waals surface area contributed by atoms with Crippen molar-refractivity contribution in [2.75, 3.05) is 31.6 Å². The number of nitriles is 1. The van der Waals surface area contributed by atoms with E-state index in [0.29, 0.717) is 36.6 Å². The number of nitrogens with zero attached hydrogens (tertiary/aromatic N) is 5. The minimum atomic E-state index is -0.0301. The topological polar surface area (TPSA) is 64.6 Å². The van der Waals surface area contributed by atoms with Gasteiger partial charge in [0.1, 0.15) is 17.0 Å². The molecule has 1 aromatic rings. The summed E-state index contributed by atoms with van der Waals surface area (Å²) in [6, 6.07) is 2.00. The van der Waals surface area contributed by atoms with E-state index < -0.39 is 0 Å². The number of carbonyl (C=O) groups is 1. The zero-order chi connectivity index (χ0) is 15.6. The number of hydrogen-bond acceptors (Lipinski definition) is 4. The summed E-state index contributed by atoms with van der Waals surface area (Å²) < 4.78 is 0. The summed E-state index contributed by atoms with van der Waals surface area (Å²) in [5.41, 5.74) is 1.15. The zero-order valence-corrected chi connectivity index (χ0v) is 12.6. The SMILES string of the molecule is [C-]#[N+]c1c(N2CCN(C)C(=O)C2)nc(Cl)c(C#N)c1CC. The lowest BCUT2D eigenvalue weighted by atomic mass is 10.1. The Labute approximate surface area is 128 Å². The number of anilines is 1. The molecule has 0 radical (unpaired) electrons. The fraction of sp³-hybridized carbons (Fsp3) is 0.429. The summed E-state index contributed by atoms with van der Waals surface area (Å²) in [6.45, 7) is 10.6. The molecular formula is C14H14ClN5O. The minimum absolute atomic E-state index is 0.0301. The van der Waals surface area contributed by atoms with Gasteiger partial charge in [-0.05, 0) is 12.0 Å². The van der Waals surface area contributed by atoms with Crippen LogP contribution in [0.5, 0.6) is 0 Å². The molecule has 0 spiro atoms. The molecule has 2 heterocycles. The van der Waals surface area contributed by atoms with Crippen molar-refractivity contribution >= 4 is 29.0 Å². The normalized spacial score (nSPS) is 14.8. The quantitative estimate of drug-likeness (QED) is 0.619. The van der Waals surface area contributed by atoms with Gasteiger partial charge in [0.15, 0.2) is 0 Å². The third-order valence-corrected chi connectivity index (χ3v) is 3.82. The van der Waals surface area contributed by atoms with Crippen LogP contribution in [0.4, 0.5) is 11.5 Å². The fourth-order valence-electron chi connectivity index (χ4n) is 2.31. The van der Waals surface area contributed by atoms with Crippen molar-refractivity contribution in [2.45, 2.75) is 13.3 Å². The van der Waals surface area contributed by atoms with E-state index >= 15 is 0 Å². The lowest BCUT2D eigenvalue weighted by Crippen LogP contribution is -2.48. The van der Waals surface area contributed by atoms with Crippen LogP contribution in [0.1, 0.15) is 18.1 Å². The highest BCUT2D eigenvalue weighted by Gasteiger charge is 2.27. The standard InChI is InChI=1S/C14H14ClN5O/c1-4-9-10(7-16)13(15)18-14(12(9)17-2)20-6-5-19(3)11(21)8-20/h4-6,8H2,1,3H3. The maximum absolute atomic E-state index is 11.8. The number of amides is 1. The van der Waals surface area contributed by atoms with E-state index in [1.54, 1.807) is 16.8 Å². The predicted octanol–water partition coefficient (Wildman–Crippen LogP) is 2.00. The van der Waals surface area contributed by atoms with Crippen molar-refractivity contribution in [1.82, 2.24) is 9.88 Å². The molecule has 0 bridgehead atoms. The average molecular weight is 304 g/mol. The lowest BCUT2D eigenvalue weighted by Gasteiger charge is -2.33. The van der Waals surface area contributed by atoms with Gasteiger partial charge < -0.3 is 9.80 Å². The molecule has 0 aromatic carbocycles. The van der Waals surface area contributed by atoms with E-state index in [2.05, 4.69) is 9.83 Å². The first-order chi connectivity index (χ1) is 10.0. The van der Waals surface area contributed by atoms with Gasteiger partial charge >= 0.3 is 0 Å². The molecule has 1 saturated heterocycles. The van der Waals surface area contributed by atoms with E-state index in [4.69, 9.17) is 18.2 Å². The second-order valence-electron chi connectivity index (χ2n) is 4.74. The summed E-state index contributed by atoms with van der Waals surface area (Å²) in [4.78, 5) is 22.9. The number of hydrogen-bond donors (Lipinski definition) is 0. The van der Waals surface area contributed by atoms with Gasteiger partial charge in [0.05, 0.1) is 18.7 Å². The van der Waals surface area contributed by atoms with Crippen molar-refractivity contribution in [3.8, 4) is 6.07 Å². The van der Waals surface area contributed by atoms with Crippen molar-refractivity contribution in [3.05, 3.63) is 27.7 Å². The van der Waals surface area contributed by atoms with Gasteiger partial charge in [-0.25, -0.2) is 9.83 Å². The summed E-state index contributed by atoms with van der Waals surface area (Å²) in [7, 11) is 1.74. The number of aromatic nitrogens is 1. The van der Waals surface area contributed by atoms with Crippen molar-refractivity contribution in [1.29, 1.82) is 5.26 Å². The number of carbonyl (C=O) groups excluding carboxylic acids is 1. The Morgan fingerprint density at radius 1 is 1.52 bits per heavy atom. The molecule has 1 aromatic heterocycles. The molecule has 1 aliphatic heterocycles. The highest BCUT2D eigenvalue weighted by atomic mass is 35.5. The number of rotatable bonds is 2. The van der Waals surface area contributed by atoms with Gasteiger partial charge in [0.25, 0.3) is 0 Å². The van der Waals surface area contributed by atoms with Gasteiger partial charge in [-0.3, -0.25) is 4.79 Å². The van der Waals surface area contributed by atoms with Crippen molar-refractivity contribution in [3.63, 3.8) is 0 Å². The molecule has 0 N–H and O–H groups in total. The van der Waals surface area contributed by atoms with E-state index in [-0.39, 0.29) is 23.2 Å². The van der Waals surface area contributed by atoms with Crippen LogP contribution in [-0.2, 0) is 11.2 Å². The molecule has 1 amide bonds. The number of likely N-dealkylation sites (N-methyl/N-ethyl adjacent to an activating group) is 1. The Bertz CT molecular complexity index is 673. The molecule has 0 aliphatic carbocycles. The molecule has 1 aliphatic rings. The Hall–Kier alpha value is -2.31. The van der Waals surface area contributed by atoms with Gasteiger partial charge in [0, 0.05) is 20.1 Å². The van der Waals surface area contributed by atoms with Crippen LogP contribution < -0.4 is 4.90 Å². The number of halogens is 1. The summed E-state index contributed by atoms with van der Waals surface area (Å²) in [5.74, 6) is 0.366. The Morgan fingerprint density at radius 2 is 2.24 bits per heavy atom. The van der Waals surface area contributed by atoms with E-state index in [9.17, 15) is 10.1 Å². The lowest BCUT2D eigenvalue weighted by molar-refractivity contribution is -0.129. The van der Waals surface area contributed by atoms with Gasteiger partial charge in [-0.2, -0.15) is 5.26 Å². The highest BCUT2D eigenvalue weighted by Crippen LogP contribution is 2.36. The second kappa shape index (κ2) is 5.99. The average Bonchev–Trinajstić information content (AvgIpc) is 2.48. The smallest absolute Gasteiger partial charge is 0.241 e. The van der Waals surface area contributed by atoms with Gasteiger partial charge in [-0.1, -0.05) is 18.5 Å². The third kappa shape index (κ3) is 2.63. The monoisotopic (exact) mass is 303 g/mol. The van der Waals surface area contributed by atoms with E-state index in [1.807, 2.05) is 13.0 Å². The first-order valence-corrected chi connectivity index (χ1v) is 6.90. The van der Waals surface area contributed by atoms with Crippen LogP contribution in [-0.4, -0.2) is 42.5 Å². The summed E-state index contributed by atoms with van der Waals surface area (Å²) in [6.07, 6.45) is 0.511. The minimum Gasteiger partial charge on any atom is -0.354 e. The Balaban J connectivity index is 2.55. The molecule has 0 saturated carbocycles. The van der Waals surface area contributed by atoms with Crippen LogP contribution in [0.3, 0.4) is 0 Å². The van der Waals surface area contributed by atoms with Gasteiger partial charge in [-0.15, -0.1) is 0 Å². The number of piperazine rings is 1. The van der Waals surface area contributed by atoms with Crippen LogP contribution >= 0.6 is 11.6 Å². The Morgan fingerprint density at radius 3 is 2.76 bits per heavy atom. The zero-order valence-electron chi connectivity index (χ0n) is 11.9. The molecule has 7 heteroatoms. The molecule has 0 unspecified atom stereocenters. The summed E-state index contributed by atoms with van der Waals surface area (Å²) in [5, 5.41) is 9.26. The summed E-state index contributed by atoms with van der Waals surface area (Å²) >= 11 is 6.07. The number of pyridine rings is 1. The molecular weight excluding hydrogens is 290 g/mol. The van der Waals surface area contributed by atoms with Crippen molar-refractivity contribution < 1.29 is 4.79 Å². The molecule has 0 atom stereocenters. The van der Waals surface area contributed by atoms with E-state index in [1.165, 1.54) is 0 Å². The molecule has 108 valence electrons. The van der Waals surface area contributed by atoms with Crippen LogP contribution in [0.25, 0.3) is 4.85 Å². The second-order valence-corrected chi connectivity index (χ2v) is 5.10. The molecule has 21 heavy (non-hydrogen) atoms. The molecule has 2 rings (SSSR count). The maximum atomic E-state index is 11.8. The highest BCUT2D eigenvalue weighted by molar-refractivity contribution is 6.31. The first kappa shape index (κ1) is 15.1. The van der Waals surface area contributed by atoms with Gasteiger partial charge in [0.2, 0.25) is 11.6 Å². The Kier molecular flexibility index (Phi) is 4.30. The largest absolute Gasteiger partial charge is 0.354 e. The fourth-order valence-corrected chi connectivity index (χ4v) is 2.55. The first-order valence-electron chi connectivity index (χ1n) is 6.52. The van der Waals surface area contributed by atoms with Crippen LogP contribution in [0.2, 0.25) is 5.15 Å². The van der Waals surface area contributed by atoms with Crippen LogP contribution in [0, 0.1) is 17.9 Å². The third-order valence-electron chi connectivity index (χ3n) is 3.54. The predicted molar refractivity (Wildman–Crippen MR) is 79.5 cm³/mol. The molecule has 6 nitrogen and oxygen atoms in total. The molecule has 1 fully saturated rings.